The molecule has 2 aromatic rings. The van der Waals surface area contributed by atoms with Crippen LogP contribution >= 0.6 is 0 Å². The van der Waals surface area contributed by atoms with Crippen LogP contribution in [-0.2, 0) is 13.0 Å². The van der Waals surface area contributed by atoms with Gasteiger partial charge in [-0.2, -0.15) is 5.10 Å². The molecule has 7 heteroatoms. The Morgan fingerprint density at radius 2 is 2.44 bits per heavy atom. The van der Waals surface area contributed by atoms with Crippen molar-refractivity contribution < 1.29 is 4.79 Å². The zero-order valence-corrected chi connectivity index (χ0v) is 10.1. The number of carbonyl (C=O) groups excluding carboxylic acids is 1. The van der Waals surface area contributed by atoms with Gasteiger partial charge in [-0.1, -0.05) is 0 Å². The number of nitrogens with one attached hydrogen (secondary N) is 2. The van der Waals surface area contributed by atoms with Crippen LogP contribution in [-0.4, -0.2) is 30.9 Å². The van der Waals surface area contributed by atoms with Crippen LogP contribution in [0.2, 0.25) is 0 Å². The molecule has 2 N–H and O–H groups in total. The van der Waals surface area contributed by atoms with Gasteiger partial charge in [0.1, 0.15) is 5.82 Å². The molecule has 3 rings (SSSR count). The number of rotatable bonds is 3. The first-order valence-corrected chi connectivity index (χ1v) is 5.97. The number of nitrogens with zero attached hydrogens (tertiary/aromatic N) is 4. The molecule has 18 heavy (non-hydrogen) atoms. The molecule has 3 heterocycles. The van der Waals surface area contributed by atoms with Gasteiger partial charge in [0.2, 0.25) is 0 Å². The molecule has 0 radical (unpaired) electrons. The molecule has 0 bridgehead atoms. The van der Waals surface area contributed by atoms with E-state index in [1.165, 1.54) is 6.20 Å². The third kappa shape index (κ3) is 1.77. The summed E-state index contributed by atoms with van der Waals surface area (Å²) in [5.74, 6) is 1.67. The van der Waals surface area contributed by atoms with Gasteiger partial charge in [0.05, 0.1) is 17.8 Å². The Hall–Kier alpha value is -2.18. The van der Waals surface area contributed by atoms with E-state index in [9.17, 15) is 4.79 Å². The van der Waals surface area contributed by atoms with Gasteiger partial charge >= 0.3 is 0 Å². The lowest BCUT2D eigenvalue weighted by molar-refractivity contribution is 0.0937. The molecular formula is C11H14N6O. The Morgan fingerprint density at radius 1 is 1.56 bits per heavy atom. The number of amides is 1. The minimum atomic E-state index is -0.161. The first-order chi connectivity index (χ1) is 8.75. The maximum Gasteiger partial charge on any atom is 0.255 e. The lowest BCUT2D eigenvalue weighted by Crippen LogP contribution is -2.28. The third-order valence-electron chi connectivity index (χ3n) is 3.13. The summed E-state index contributed by atoms with van der Waals surface area (Å²) < 4.78 is 2.08. The van der Waals surface area contributed by atoms with Crippen molar-refractivity contribution in [1.29, 1.82) is 0 Å². The van der Waals surface area contributed by atoms with E-state index in [2.05, 4.69) is 30.3 Å². The van der Waals surface area contributed by atoms with Crippen molar-refractivity contribution >= 4 is 5.91 Å². The molecule has 1 aliphatic rings. The van der Waals surface area contributed by atoms with Gasteiger partial charge in [-0.15, -0.1) is 10.2 Å². The molecule has 0 aromatic carbocycles. The Kier molecular flexibility index (Phi) is 2.58. The highest BCUT2D eigenvalue weighted by Crippen LogP contribution is 2.19. The van der Waals surface area contributed by atoms with Crippen LogP contribution in [0.1, 0.15) is 41.4 Å². The normalized spacial score (nSPS) is 15.4. The van der Waals surface area contributed by atoms with Gasteiger partial charge in [-0.25, -0.2) is 0 Å². The zero-order chi connectivity index (χ0) is 12.5. The molecule has 1 aliphatic heterocycles. The number of hydrogen-bond acceptors (Lipinski definition) is 4. The summed E-state index contributed by atoms with van der Waals surface area (Å²) in [6.07, 6.45) is 5.13. The number of H-pyrrole nitrogens is 1. The maximum atomic E-state index is 11.9. The van der Waals surface area contributed by atoms with E-state index in [4.69, 9.17) is 0 Å². The van der Waals surface area contributed by atoms with Crippen LogP contribution in [0, 0.1) is 0 Å². The molecular weight excluding hydrogens is 232 g/mol. The number of carbonyl (C=O) groups is 1. The first-order valence-electron chi connectivity index (χ1n) is 5.97. The second-order valence-corrected chi connectivity index (χ2v) is 4.41. The van der Waals surface area contributed by atoms with Crippen LogP contribution < -0.4 is 5.32 Å². The van der Waals surface area contributed by atoms with Crippen molar-refractivity contribution in [3.8, 4) is 0 Å². The van der Waals surface area contributed by atoms with Crippen LogP contribution in [0.25, 0.3) is 0 Å². The molecule has 0 aliphatic carbocycles. The predicted molar refractivity (Wildman–Crippen MR) is 62.8 cm³/mol. The fraction of sp³-hybridized carbons (Fsp3) is 0.455. The van der Waals surface area contributed by atoms with Crippen molar-refractivity contribution in [2.75, 3.05) is 0 Å². The molecule has 1 unspecified atom stereocenters. The highest BCUT2D eigenvalue weighted by molar-refractivity contribution is 5.93. The van der Waals surface area contributed by atoms with Crippen LogP contribution in [0.3, 0.4) is 0 Å². The summed E-state index contributed by atoms with van der Waals surface area (Å²) >= 11 is 0. The monoisotopic (exact) mass is 246 g/mol. The van der Waals surface area contributed by atoms with E-state index in [0.29, 0.717) is 5.56 Å². The molecule has 94 valence electrons. The number of aryl methyl sites for hydroxylation is 1. The van der Waals surface area contributed by atoms with Crippen LogP contribution in [0.5, 0.6) is 0 Å². The van der Waals surface area contributed by atoms with E-state index in [-0.39, 0.29) is 11.9 Å². The van der Waals surface area contributed by atoms with Crippen molar-refractivity contribution in [2.24, 2.45) is 0 Å². The Balaban J connectivity index is 1.75. The van der Waals surface area contributed by atoms with Crippen molar-refractivity contribution in [2.45, 2.75) is 32.4 Å². The smallest absolute Gasteiger partial charge is 0.255 e. The molecule has 0 spiro atoms. The van der Waals surface area contributed by atoms with Crippen molar-refractivity contribution in [1.82, 2.24) is 30.3 Å². The quantitative estimate of drug-likeness (QED) is 0.822. The highest BCUT2D eigenvalue weighted by atomic mass is 16.1. The lowest BCUT2D eigenvalue weighted by atomic mass is 10.2. The summed E-state index contributed by atoms with van der Waals surface area (Å²) in [6, 6.07) is -0.160. The van der Waals surface area contributed by atoms with Gasteiger partial charge in [0.25, 0.3) is 5.91 Å². The zero-order valence-electron chi connectivity index (χ0n) is 10.1. The fourth-order valence-corrected chi connectivity index (χ4v) is 2.21. The Bertz CT molecular complexity index is 558. The molecule has 7 nitrogen and oxygen atoms in total. The fourth-order valence-electron chi connectivity index (χ4n) is 2.21. The van der Waals surface area contributed by atoms with Crippen LogP contribution in [0.4, 0.5) is 0 Å². The van der Waals surface area contributed by atoms with Crippen molar-refractivity contribution in [3.05, 3.63) is 29.6 Å². The predicted octanol–water partition coefficient (Wildman–Crippen LogP) is 0.438. The SMILES string of the molecule is CC(NC(=O)c1cn[nH]c1)c1nnc2n1CCC2. The lowest BCUT2D eigenvalue weighted by Gasteiger charge is -2.13. The summed E-state index contributed by atoms with van der Waals surface area (Å²) in [5, 5.41) is 17.5. The van der Waals surface area contributed by atoms with Crippen LogP contribution in [0.15, 0.2) is 12.4 Å². The summed E-state index contributed by atoms with van der Waals surface area (Å²) in [6.45, 7) is 2.84. The topological polar surface area (TPSA) is 88.5 Å². The van der Waals surface area contributed by atoms with Gasteiger partial charge < -0.3 is 9.88 Å². The maximum absolute atomic E-state index is 11.9. The van der Waals surface area contributed by atoms with Gasteiger partial charge in [0.15, 0.2) is 5.82 Å². The van der Waals surface area contributed by atoms with Gasteiger partial charge in [-0.3, -0.25) is 9.89 Å². The molecule has 2 aromatic heterocycles. The van der Waals surface area contributed by atoms with Crippen molar-refractivity contribution in [3.63, 3.8) is 0 Å². The summed E-state index contributed by atoms with van der Waals surface area (Å²) in [4.78, 5) is 11.9. The van der Waals surface area contributed by atoms with E-state index < -0.39 is 0 Å². The highest BCUT2D eigenvalue weighted by Gasteiger charge is 2.22. The minimum absolute atomic E-state index is 0.160. The van der Waals surface area contributed by atoms with E-state index in [1.54, 1.807) is 6.20 Å². The molecule has 1 atom stereocenters. The van der Waals surface area contributed by atoms with Gasteiger partial charge in [0, 0.05) is 19.2 Å². The first kappa shape index (κ1) is 10.9. The standard InChI is InChI=1S/C11H14N6O/c1-7(14-11(18)8-5-12-13-6-8)10-16-15-9-3-2-4-17(9)10/h5-7H,2-4H2,1H3,(H,12,13)(H,14,18). The number of aromatic nitrogens is 5. The second-order valence-electron chi connectivity index (χ2n) is 4.41. The Labute approximate surface area is 104 Å². The molecule has 0 saturated heterocycles. The summed E-state index contributed by atoms with van der Waals surface area (Å²) in [7, 11) is 0. The average molecular weight is 246 g/mol. The largest absolute Gasteiger partial charge is 0.342 e. The van der Waals surface area contributed by atoms with E-state index >= 15 is 0 Å². The van der Waals surface area contributed by atoms with Gasteiger partial charge in [-0.05, 0) is 13.3 Å². The number of fused-ring (bicyclic) bond motifs is 1. The average Bonchev–Trinajstić information content (AvgIpc) is 3.06. The third-order valence-corrected chi connectivity index (χ3v) is 3.13. The second kappa shape index (κ2) is 4.25. The minimum Gasteiger partial charge on any atom is -0.342 e. The summed E-state index contributed by atoms with van der Waals surface area (Å²) in [5.41, 5.74) is 0.517. The van der Waals surface area contributed by atoms with E-state index in [1.807, 2.05) is 6.92 Å². The number of hydrogen-bond donors (Lipinski definition) is 2. The van der Waals surface area contributed by atoms with E-state index in [0.717, 1.165) is 31.0 Å². The number of aromatic amines is 1. The molecule has 1 amide bonds. The molecule has 0 fully saturated rings. The molecule has 0 saturated carbocycles. The Morgan fingerprint density at radius 3 is 3.22 bits per heavy atom.